The summed E-state index contributed by atoms with van der Waals surface area (Å²) in [6.45, 7) is 0.660. The Morgan fingerprint density at radius 1 is 1.33 bits per heavy atom. The summed E-state index contributed by atoms with van der Waals surface area (Å²) >= 11 is 1.77. The molecule has 2 aromatic heterocycles. The van der Waals surface area contributed by atoms with Crippen molar-refractivity contribution < 1.29 is 9.90 Å². The van der Waals surface area contributed by atoms with Gasteiger partial charge < -0.3 is 10.0 Å². The standard InChI is InChI=1S/C15H17N3O2S/c1-18(13-8-4-6-11(16-13)15(19)20)9-14-17-10-5-2-3-7-12(10)21-14/h4,6,8H,2-3,5,7,9H2,1H3,(H,19,20). The van der Waals surface area contributed by atoms with E-state index in [0.717, 1.165) is 17.8 Å². The number of pyridine rings is 1. The Morgan fingerprint density at radius 2 is 2.14 bits per heavy atom. The van der Waals surface area contributed by atoms with Crippen LogP contribution in [0, 0.1) is 0 Å². The van der Waals surface area contributed by atoms with Gasteiger partial charge in [-0.05, 0) is 37.8 Å². The molecule has 0 saturated carbocycles. The van der Waals surface area contributed by atoms with Crippen LogP contribution >= 0.6 is 11.3 Å². The highest BCUT2D eigenvalue weighted by molar-refractivity contribution is 7.11. The normalized spacial score (nSPS) is 13.8. The zero-order valence-corrected chi connectivity index (χ0v) is 12.7. The van der Waals surface area contributed by atoms with E-state index in [1.165, 1.54) is 29.5 Å². The maximum atomic E-state index is 11.0. The molecule has 0 amide bonds. The average molecular weight is 303 g/mol. The maximum Gasteiger partial charge on any atom is 0.354 e. The van der Waals surface area contributed by atoms with Crippen LogP contribution in [-0.2, 0) is 19.4 Å². The molecule has 2 aromatic rings. The molecule has 1 aliphatic rings. The zero-order valence-electron chi connectivity index (χ0n) is 11.9. The van der Waals surface area contributed by atoms with Gasteiger partial charge in [0.1, 0.15) is 10.8 Å². The van der Waals surface area contributed by atoms with Crippen molar-refractivity contribution in [3.05, 3.63) is 39.5 Å². The molecule has 0 radical (unpaired) electrons. The van der Waals surface area contributed by atoms with Gasteiger partial charge in [0, 0.05) is 11.9 Å². The number of nitrogens with zero attached hydrogens (tertiary/aromatic N) is 3. The number of thiazole rings is 1. The van der Waals surface area contributed by atoms with Gasteiger partial charge in [-0.2, -0.15) is 0 Å². The van der Waals surface area contributed by atoms with Crippen molar-refractivity contribution in [3.8, 4) is 0 Å². The second-order valence-corrected chi connectivity index (χ2v) is 6.39. The molecule has 0 unspecified atom stereocenters. The highest BCUT2D eigenvalue weighted by Crippen LogP contribution is 2.27. The Morgan fingerprint density at radius 3 is 2.90 bits per heavy atom. The van der Waals surface area contributed by atoms with Crippen molar-refractivity contribution in [3.63, 3.8) is 0 Å². The van der Waals surface area contributed by atoms with E-state index in [0.29, 0.717) is 12.4 Å². The van der Waals surface area contributed by atoms with Crippen molar-refractivity contribution in [2.24, 2.45) is 0 Å². The minimum Gasteiger partial charge on any atom is -0.477 e. The molecule has 0 fully saturated rings. The molecule has 110 valence electrons. The van der Waals surface area contributed by atoms with Gasteiger partial charge >= 0.3 is 5.97 Å². The Bertz CT molecular complexity index is 645. The lowest BCUT2D eigenvalue weighted by Gasteiger charge is -2.16. The van der Waals surface area contributed by atoms with E-state index in [1.807, 2.05) is 18.0 Å². The third-order valence-corrected chi connectivity index (χ3v) is 4.75. The summed E-state index contributed by atoms with van der Waals surface area (Å²) < 4.78 is 0. The van der Waals surface area contributed by atoms with Crippen LogP contribution in [0.3, 0.4) is 0 Å². The van der Waals surface area contributed by atoms with Gasteiger partial charge in [0.15, 0.2) is 5.69 Å². The molecule has 21 heavy (non-hydrogen) atoms. The monoisotopic (exact) mass is 303 g/mol. The fraction of sp³-hybridized carbons (Fsp3) is 0.400. The van der Waals surface area contributed by atoms with Crippen LogP contribution < -0.4 is 4.90 Å². The number of hydrogen-bond donors (Lipinski definition) is 1. The minimum absolute atomic E-state index is 0.0674. The molecule has 0 atom stereocenters. The molecule has 0 aromatic carbocycles. The molecular formula is C15H17N3O2S. The number of carboxylic acid groups (broad SMARTS) is 1. The number of aryl methyl sites for hydroxylation is 2. The molecule has 1 N–H and O–H groups in total. The Kier molecular flexibility index (Phi) is 3.88. The topological polar surface area (TPSA) is 66.3 Å². The molecule has 2 heterocycles. The summed E-state index contributed by atoms with van der Waals surface area (Å²) in [4.78, 5) is 23.2. The van der Waals surface area contributed by atoms with Crippen molar-refractivity contribution in [1.29, 1.82) is 0 Å². The van der Waals surface area contributed by atoms with Crippen molar-refractivity contribution in [2.75, 3.05) is 11.9 Å². The number of aromatic carboxylic acids is 1. The molecule has 3 rings (SSSR count). The summed E-state index contributed by atoms with van der Waals surface area (Å²) in [6, 6.07) is 5.04. The third kappa shape index (κ3) is 3.05. The Labute approximate surface area is 127 Å². The predicted molar refractivity (Wildman–Crippen MR) is 82.1 cm³/mol. The van der Waals surface area contributed by atoms with Crippen molar-refractivity contribution in [2.45, 2.75) is 32.2 Å². The molecule has 0 spiro atoms. The van der Waals surface area contributed by atoms with Gasteiger partial charge in [0.05, 0.1) is 12.2 Å². The summed E-state index contributed by atoms with van der Waals surface area (Å²) in [5.74, 6) is -0.349. The van der Waals surface area contributed by atoms with Crippen molar-refractivity contribution in [1.82, 2.24) is 9.97 Å². The zero-order chi connectivity index (χ0) is 14.8. The first kappa shape index (κ1) is 14.0. The summed E-state index contributed by atoms with van der Waals surface area (Å²) in [5.41, 5.74) is 1.32. The van der Waals surface area contributed by atoms with Crippen LogP contribution in [-0.4, -0.2) is 28.1 Å². The first-order valence-electron chi connectivity index (χ1n) is 7.02. The molecule has 1 aliphatic carbocycles. The van der Waals surface area contributed by atoms with E-state index in [9.17, 15) is 4.79 Å². The number of rotatable bonds is 4. The molecule has 0 saturated heterocycles. The number of carbonyl (C=O) groups is 1. The number of anilines is 1. The lowest BCUT2D eigenvalue weighted by atomic mass is 10.0. The van der Waals surface area contributed by atoms with E-state index in [4.69, 9.17) is 10.1 Å². The number of aromatic nitrogens is 2. The van der Waals surface area contributed by atoms with Gasteiger partial charge in [-0.15, -0.1) is 11.3 Å². The van der Waals surface area contributed by atoms with E-state index >= 15 is 0 Å². The van der Waals surface area contributed by atoms with E-state index in [-0.39, 0.29) is 5.69 Å². The van der Waals surface area contributed by atoms with Gasteiger partial charge in [0.25, 0.3) is 0 Å². The van der Waals surface area contributed by atoms with E-state index in [2.05, 4.69) is 4.98 Å². The summed E-state index contributed by atoms with van der Waals surface area (Å²) in [6.07, 6.45) is 4.71. The molecule has 5 nitrogen and oxygen atoms in total. The van der Waals surface area contributed by atoms with Crippen LogP contribution in [0.2, 0.25) is 0 Å². The number of fused-ring (bicyclic) bond motifs is 1. The summed E-state index contributed by atoms with van der Waals surface area (Å²) in [7, 11) is 1.91. The van der Waals surface area contributed by atoms with Gasteiger partial charge in [-0.25, -0.2) is 14.8 Å². The fourth-order valence-electron chi connectivity index (χ4n) is 2.51. The largest absolute Gasteiger partial charge is 0.477 e. The molecule has 0 aliphatic heterocycles. The van der Waals surface area contributed by atoms with Crippen LogP contribution in [0.5, 0.6) is 0 Å². The second kappa shape index (κ2) is 5.81. The van der Waals surface area contributed by atoms with E-state index < -0.39 is 5.97 Å². The molecular weight excluding hydrogens is 286 g/mol. The quantitative estimate of drug-likeness (QED) is 0.940. The third-order valence-electron chi connectivity index (χ3n) is 3.61. The first-order valence-corrected chi connectivity index (χ1v) is 7.84. The van der Waals surface area contributed by atoms with E-state index in [1.54, 1.807) is 17.4 Å². The Balaban J connectivity index is 1.76. The molecule has 6 heteroatoms. The lowest BCUT2D eigenvalue weighted by molar-refractivity contribution is 0.0690. The summed E-state index contributed by atoms with van der Waals surface area (Å²) in [5, 5.41) is 10.1. The van der Waals surface area contributed by atoms with Crippen LogP contribution in [0.25, 0.3) is 0 Å². The van der Waals surface area contributed by atoms with Gasteiger partial charge in [-0.1, -0.05) is 6.07 Å². The second-order valence-electron chi connectivity index (χ2n) is 5.23. The smallest absolute Gasteiger partial charge is 0.354 e. The average Bonchev–Trinajstić information content (AvgIpc) is 2.89. The first-order chi connectivity index (χ1) is 10.1. The highest BCUT2D eigenvalue weighted by Gasteiger charge is 2.16. The number of hydrogen-bond acceptors (Lipinski definition) is 5. The van der Waals surface area contributed by atoms with Gasteiger partial charge in [-0.3, -0.25) is 0 Å². The highest BCUT2D eigenvalue weighted by atomic mass is 32.1. The minimum atomic E-state index is -1.00. The van der Waals surface area contributed by atoms with Crippen molar-refractivity contribution >= 4 is 23.1 Å². The Hall–Kier alpha value is -1.95. The van der Waals surface area contributed by atoms with Gasteiger partial charge in [0.2, 0.25) is 0 Å². The predicted octanol–water partition coefficient (Wildman–Crippen LogP) is 2.75. The van der Waals surface area contributed by atoms with Crippen LogP contribution in [0.1, 0.15) is 38.9 Å². The number of carboxylic acids is 1. The SMILES string of the molecule is CN(Cc1nc2c(s1)CCCC2)c1cccc(C(=O)O)n1. The maximum absolute atomic E-state index is 11.0. The molecule has 0 bridgehead atoms. The lowest BCUT2D eigenvalue weighted by Crippen LogP contribution is -2.18. The van der Waals surface area contributed by atoms with Crippen LogP contribution in [0.4, 0.5) is 5.82 Å². The fourth-order valence-corrected chi connectivity index (χ4v) is 3.72. The van der Waals surface area contributed by atoms with Crippen LogP contribution in [0.15, 0.2) is 18.2 Å².